The lowest BCUT2D eigenvalue weighted by Gasteiger charge is -2.17. The second-order valence-corrected chi connectivity index (χ2v) is 6.17. The third-order valence-corrected chi connectivity index (χ3v) is 4.14. The molecule has 7 heteroatoms. The number of benzene rings is 2. The molecule has 1 radical (unpaired) electrons. The van der Waals surface area contributed by atoms with Gasteiger partial charge >= 0.3 is 12.0 Å². The van der Waals surface area contributed by atoms with Crippen LogP contribution in [0.3, 0.4) is 0 Å². The zero-order chi connectivity index (χ0) is 21.8. The molecule has 0 atom stereocenters. The minimum absolute atomic E-state index is 0.167. The Labute approximate surface area is 175 Å². The summed E-state index contributed by atoms with van der Waals surface area (Å²) in [6.45, 7) is 1.67. The lowest BCUT2D eigenvalue weighted by atomic mass is 10.0. The molecule has 0 fully saturated rings. The fourth-order valence-electron chi connectivity index (χ4n) is 2.68. The quantitative estimate of drug-likeness (QED) is 0.510. The molecule has 0 aliphatic rings. The van der Waals surface area contributed by atoms with Crippen molar-refractivity contribution in [2.75, 3.05) is 19.7 Å². The molecule has 0 spiro atoms. The van der Waals surface area contributed by atoms with E-state index in [1.165, 1.54) is 6.08 Å². The summed E-state index contributed by atoms with van der Waals surface area (Å²) >= 11 is 0. The molecule has 7 nitrogen and oxygen atoms in total. The first kappa shape index (κ1) is 22.5. The molecule has 0 heterocycles. The van der Waals surface area contributed by atoms with Crippen molar-refractivity contribution in [1.82, 2.24) is 10.2 Å². The molecule has 155 valence electrons. The van der Waals surface area contributed by atoms with Crippen molar-refractivity contribution >= 4 is 30.3 Å². The number of amides is 3. The monoisotopic (exact) mass is 407 g/mol. The first-order chi connectivity index (χ1) is 14.6. The van der Waals surface area contributed by atoms with Gasteiger partial charge in [0.25, 0.3) is 5.91 Å². The van der Waals surface area contributed by atoms with Gasteiger partial charge < -0.3 is 10.1 Å². The number of hydrogen-bond acceptors (Lipinski definition) is 5. The van der Waals surface area contributed by atoms with E-state index in [4.69, 9.17) is 4.74 Å². The molecule has 0 saturated carbocycles. The predicted molar refractivity (Wildman–Crippen MR) is 112 cm³/mol. The number of nitrogens with one attached hydrogen (secondary N) is 1. The molecule has 0 aliphatic heterocycles. The summed E-state index contributed by atoms with van der Waals surface area (Å²) in [5.41, 5.74) is 1.92. The number of carbonyl (C=O) groups excluding carboxylic acids is 4. The lowest BCUT2D eigenvalue weighted by Crippen LogP contribution is -2.44. The summed E-state index contributed by atoms with van der Waals surface area (Å²) in [5, 5.41) is 2.59. The van der Waals surface area contributed by atoms with E-state index in [1.807, 2.05) is 18.2 Å². The van der Waals surface area contributed by atoms with E-state index in [0.29, 0.717) is 17.5 Å². The van der Waals surface area contributed by atoms with E-state index < -0.39 is 24.5 Å². The third-order valence-electron chi connectivity index (χ3n) is 4.14. The molecule has 1 N–H and O–H groups in total. The topological polar surface area (TPSA) is 92.8 Å². The van der Waals surface area contributed by atoms with Crippen LogP contribution in [0.25, 0.3) is 6.08 Å². The summed E-state index contributed by atoms with van der Waals surface area (Å²) in [4.78, 5) is 48.3. The van der Waals surface area contributed by atoms with Crippen LogP contribution < -0.4 is 5.32 Å². The molecule has 0 unspecified atom stereocenters. The predicted octanol–water partition coefficient (Wildman–Crippen LogP) is 2.77. The van der Waals surface area contributed by atoms with Crippen LogP contribution in [0.5, 0.6) is 0 Å². The zero-order valence-corrected chi connectivity index (χ0v) is 16.7. The molecule has 3 amide bonds. The average molecular weight is 407 g/mol. The summed E-state index contributed by atoms with van der Waals surface area (Å²) in [5.74, 6) is -1.07. The Morgan fingerprint density at radius 2 is 1.77 bits per heavy atom. The second kappa shape index (κ2) is 12.0. The van der Waals surface area contributed by atoms with Crippen molar-refractivity contribution in [3.63, 3.8) is 0 Å². The van der Waals surface area contributed by atoms with Crippen LogP contribution >= 0.6 is 0 Å². The molecule has 0 aromatic heterocycles. The standard InChI is InChI=1S/C23H23N2O5/c1-2-30-22(28)20-11-7-6-10-19(20)14-15-24-23(29)25(16-17-26)21(27)13-12-18-8-4-3-5-9-18/h3-13H,2,14-16H2,1H3,(H,24,29)/b13-12+. The smallest absolute Gasteiger partial charge is 0.338 e. The Balaban J connectivity index is 1.97. The van der Waals surface area contributed by atoms with Gasteiger partial charge in [-0.15, -0.1) is 0 Å². The van der Waals surface area contributed by atoms with E-state index in [9.17, 15) is 19.2 Å². The van der Waals surface area contributed by atoms with Crippen molar-refractivity contribution in [3.8, 4) is 0 Å². The minimum atomic E-state index is -0.713. The zero-order valence-electron chi connectivity index (χ0n) is 16.7. The highest BCUT2D eigenvalue weighted by Gasteiger charge is 2.19. The fourth-order valence-corrected chi connectivity index (χ4v) is 2.68. The van der Waals surface area contributed by atoms with E-state index in [0.717, 1.165) is 10.5 Å². The van der Waals surface area contributed by atoms with Gasteiger partial charge in [0.15, 0.2) is 0 Å². The van der Waals surface area contributed by atoms with Gasteiger partial charge in [-0.2, -0.15) is 0 Å². The molecular formula is C23H23N2O5. The SMILES string of the molecule is CCOC(=O)c1ccccc1CCNC(=O)N(C[C]=O)C(=O)/C=C/c1ccccc1. The molecule has 0 bridgehead atoms. The second-order valence-electron chi connectivity index (χ2n) is 6.17. The van der Waals surface area contributed by atoms with E-state index in [1.54, 1.807) is 55.7 Å². The highest BCUT2D eigenvalue weighted by Crippen LogP contribution is 2.11. The molecule has 2 aromatic carbocycles. The van der Waals surface area contributed by atoms with Gasteiger partial charge in [-0.3, -0.25) is 14.5 Å². The van der Waals surface area contributed by atoms with Gasteiger partial charge in [-0.1, -0.05) is 48.5 Å². The Morgan fingerprint density at radius 1 is 1.07 bits per heavy atom. The highest BCUT2D eigenvalue weighted by atomic mass is 16.5. The van der Waals surface area contributed by atoms with Crippen molar-refractivity contribution in [1.29, 1.82) is 0 Å². The molecule has 2 aromatic rings. The van der Waals surface area contributed by atoms with Gasteiger partial charge in [0, 0.05) is 12.6 Å². The minimum Gasteiger partial charge on any atom is -0.462 e. The van der Waals surface area contributed by atoms with Crippen molar-refractivity contribution in [2.24, 2.45) is 0 Å². The van der Waals surface area contributed by atoms with E-state index in [-0.39, 0.29) is 13.2 Å². The number of rotatable bonds is 9. The first-order valence-electron chi connectivity index (χ1n) is 9.49. The summed E-state index contributed by atoms with van der Waals surface area (Å²) in [6, 6.07) is 15.3. The summed E-state index contributed by atoms with van der Waals surface area (Å²) in [7, 11) is 0. The van der Waals surface area contributed by atoms with Crippen molar-refractivity contribution in [3.05, 3.63) is 77.4 Å². The third kappa shape index (κ3) is 6.70. The van der Waals surface area contributed by atoms with Crippen LogP contribution in [0.2, 0.25) is 0 Å². The Hall–Kier alpha value is -3.74. The molecule has 30 heavy (non-hydrogen) atoms. The number of nitrogens with zero attached hydrogens (tertiary/aromatic N) is 1. The maximum Gasteiger partial charge on any atom is 0.338 e. The Bertz CT molecular complexity index is 909. The lowest BCUT2D eigenvalue weighted by molar-refractivity contribution is -0.122. The molecule has 2 rings (SSSR count). The number of ether oxygens (including phenoxy) is 1. The van der Waals surface area contributed by atoms with Crippen molar-refractivity contribution in [2.45, 2.75) is 13.3 Å². The van der Waals surface area contributed by atoms with E-state index >= 15 is 0 Å². The molecule has 0 aliphatic carbocycles. The van der Waals surface area contributed by atoms with Gasteiger partial charge in [0.2, 0.25) is 6.29 Å². The van der Waals surface area contributed by atoms with Crippen LogP contribution in [-0.4, -0.2) is 48.8 Å². The molecule has 0 saturated heterocycles. The van der Waals surface area contributed by atoms with Crippen LogP contribution in [0.1, 0.15) is 28.4 Å². The van der Waals surface area contributed by atoms with Gasteiger partial charge in [-0.25, -0.2) is 9.59 Å². The van der Waals surface area contributed by atoms with Crippen LogP contribution in [0, 0.1) is 0 Å². The summed E-state index contributed by atoms with van der Waals surface area (Å²) < 4.78 is 5.03. The number of hydrogen-bond donors (Lipinski definition) is 1. The number of esters is 1. The number of urea groups is 1. The Kier molecular flexibility index (Phi) is 8.99. The first-order valence-corrected chi connectivity index (χ1v) is 9.49. The fraction of sp³-hybridized carbons (Fsp3) is 0.217. The summed E-state index contributed by atoms with van der Waals surface area (Å²) in [6.07, 6.45) is 4.71. The maximum absolute atomic E-state index is 12.4. The van der Waals surface area contributed by atoms with Crippen LogP contribution in [-0.2, 0) is 20.7 Å². The van der Waals surface area contributed by atoms with Crippen molar-refractivity contribution < 1.29 is 23.9 Å². The maximum atomic E-state index is 12.4. The molecular weight excluding hydrogens is 384 g/mol. The highest BCUT2D eigenvalue weighted by molar-refractivity contribution is 6.03. The van der Waals surface area contributed by atoms with Gasteiger partial charge in [-0.05, 0) is 36.6 Å². The largest absolute Gasteiger partial charge is 0.462 e. The van der Waals surface area contributed by atoms with E-state index in [2.05, 4.69) is 5.32 Å². The van der Waals surface area contributed by atoms with Gasteiger partial charge in [0.1, 0.15) is 0 Å². The Morgan fingerprint density at radius 3 is 2.47 bits per heavy atom. The van der Waals surface area contributed by atoms with Gasteiger partial charge in [0.05, 0.1) is 18.7 Å². The van der Waals surface area contributed by atoms with Crippen LogP contribution in [0.4, 0.5) is 4.79 Å². The average Bonchev–Trinajstić information content (AvgIpc) is 2.77. The number of carbonyl (C=O) groups is 3. The van der Waals surface area contributed by atoms with Crippen LogP contribution in [0.15, 0.2) is 60.7 Å². The normalized spacial score (nSPS) is 10.4. The number of imide groups is 1.